The van der Waals surface area contributed by atoms with E-state index in [9.17, 15) is 14.7 Å². The molecule has 1 N–H and O–H groups in total. The fourth-order valence-corrected chi connectivity index (χ4v) is 3.82. The standard InChI is InChI=1S/C25H22N2O3/c1-16-9-11-19(12-10-16)23(28)21-22(20-8-4-3-6-17(20)2)27(25(30)24(21)29)15-18-7-5-13-26-14-18/h3-14,22,28H,15H2,1-2H3/b23-21-. The van der Waals surface area contributed by atoms with Crippen LogP contribution in [0, 0.1) is 13.8 Å². The summed E-state index contributed by atoms with van der Waals surface area (Å²) in [5.74, 6) is -1.46. The number of hydrogen-bond donors (Lipinski definition) is 1. The Kier molecular flexibility index (Phi) is 5.19. The molecular weight excluding hydrogens is 376 g/mol. The molecule has 5 nitrogen and oxygen atoms in total. The molecule has 1 aromatic heterocycles. The van der Waals surface area contributed by atoms with Crippen LogP contribution < -0.4 is 0 Å². The van der Waals surface area contributed by atoms with E-state index in [0.717, 1.165) is 22.3 Å². The van der Waals surface area contributed by atoms with Gasteiger partial charge in [0.1, 0.15) is 5.76 Å². The number of carbonyl (C=O) groups excluding carboxylic acids is 2. The van der Waals surface area contributed by atoms with Crippen molar-refractivity contribution in [1.29, 1.82) is 0 Å². The van der Waals surface area contributed by atoms with E-state index in [1.165, 1.54) is 4.90 Å². The lowest BCUT2D eigenvalue weighted by atomic mass is 9.92. The molecule has 0 spiro atoms. The fraction of sp³-hybridized carbons (Fsp3) is 0.160. The number of carbonyl (C=O) groups is 2. The third kappa shape index (κ3) is 3.50. The molecule has 0 bridgehead atoms. The van der Waals surface area contributed by atoms with Crippen molar-refractivity contribution >= 4 is 17.4 Å². The van der Waals surface area contributed by atoms with E-state index >= 15 is 0 Å². The number of aliphatic hydroxyl groups excluding tert-OH is 1. The van der Waals surface area contributed by atoms with Crippen molar-refractivity contribution in [2.24, 2.45) is 0 Å². The summed E-state index contributed by atoms with van der Waals surface area (Å²) in [6.07, 6.45) is 3.34. The molecule has 2 aromatic carbocycles. The highest BCUT2D eigenvalue weighted by atomic mass is 16.3. The van der Waals surface area contributed by atoms with Gasteiger partial charge in [-0.05, 0) is 36.6 Å². The van der Waals surface area contributed by atoms with Gasteiger partial charge in [-0.3, -0.25) is 14.6 Å². The van der Waals surface area contributed by atoms with E-state index in [1.54, 1.807) is 30.6 Å². The van der Waals surface area contributed by atoms with Crippen molar-refractivity contribution in [3.8, 4) is 0 Å². The van der Waals surface area contributed by atoms with E-state index in [-0.39, 0.29) is 17.9 Å². The molecule has 4 rings (SSSR count). The molecule has 2 heterocycles. The number of aryl methyl sites for hydroxylation is 2. The number of rotatable bonds is 4. The normalized spacial score (nSPS) is 18.1. The third-order valence-corrected chi connectivity index (χ3v) is 5.42. The summed E-state index contributed by atoms with van der Waals surface area (Å²) < 4.78 is 0. The number of Topliss-reactive ketones (excluding diaryl/α,β-unsaturated/α-hetero) is 1. The van der Waals surface area contributed by atoms with Crippen molar-refractivity contribution in [2.75, 3.05) is 0 Å². The molecule has 0 saturated carbocycles. The molecule has 1 aliphatic rings. The largest absolute Gasteiger partial charge is 0.507 e. The minimum atomic E-state index is -0.676. The number of nitrogens with zero attached hydrogens (tertiary/aromatic N) is 2. The predicted octanol–water partition coefficient (Wildman–Crippen LogP) is 4.32. The highest BCUT2D eigenvalue weighted by Gasteiger charge is 2.46. The van der Waals surface area contributed by atoms with Gasteiger partial charge in [0.2, 0.25) is 0 Å². The van der Waals surface area contributed by atoms with Gasteiger partial charge in [-0.25, -0.2) is 0 Å². The number of likely N-dealkylation sites (tertiary alicyclic amines) is 1. The number of hydrogen-bond acceptors (Lipinski definition) is 4. The number of aliphatic hydroxyl groups is 1. The molecule has 1 aliphatic heterocycles. The lowest BCUT2D eigenvalue weighted by Gasteiger charge is -2.26. The first-order chi connectivity index (χ1) is 14.5. The summed E-state index contributed by atoms with van der Waals surface area (Å²) in [5, 5.41) is 11.1. The van der Waals surface area contributed by atoms with Gasteiger partial charge in [0.25, 0.3) is 11.7 Å². The van der Waals surface area contributed by atoms with Crippen LogP contribution in [0.3, 0.4) is 0 Å². The van der Waals surface area contributed by atoms with Gasteiger partial charge >= 0.3 is 0 Å². The van der Waals surface area contributed by atoms with Crippen LogP contribution in [0.5, 0.6) is 0 Å². The maximum Gasteiger partial charge on any atom is 0.295 e. The summed E-state index contributed by atoms with van der Waals surface area (Å²) in [4.78, 5) is 31.7. The Balaban J connectivity index is 1.88. The first-order valence-electron chi connectivity index (χ1n) is 9.77. The van der Waals surface area contributed by atoms with Crippen LogP contribution in [-0.4, -0.2) is 26.7 Å². The molecule has 1 atom stereocenters. The van der Waals surface area contributed by atoms with Crippen molar-refractivity contribution < 1.29 is 14.7 Å². The van der Waals surface area contributed by atoms with Crippen LogP contribution in [0.1, 0.15) is 33.9 Å². The molecule has 3 aromatic rings. The van der Waals surface area contributed by atoms with Gasteiger partial charge in [-0.1, -0.05) is 60.2 Å². The van der Waals surface area contributed by atoms with Crippen molar-refractivity contribution in [1.82, 2.24) is 9.88 Å². The number of pyridine rings is 1. The molecule has 1 saturated heterocycles. The zero-order valence-corrected chi connectivity index (χ0v) is 16.9. The predicted molar refractivity (Wildman–Crippen MR) is 114 cm³/mol. The van der Waals surface area contributed by atoms with Crippen LogP contribution in [0.25, 0.3) is 5.76 Å². The van der Waals surface area contributed by atoms with Gasteiger partial charge in [-0.15, -0.1) is 0 Å². The lowest BCUT2D eigenvalue weighted by Crippen LogP contribution is -2.29. The SMILES string of the molecule is Cc1ccc(/C(O)=C2/C(=O)C(=O)N(Cc3cccnc3)C2c2ccccc2C)cc1. The van der Waals surface area contributed by atoms with Gasteiger partial charge in [0.05, 0.1) is 11.6 Å². The van der Waals surface area contributed by atoms with E-state index in [2.05, 4.69) is 4.98 Å². The Labute approximate surface area is 175 Å². The number of amides is 1. The maximum atomic E-state index is 13.1. The second kappa shape index (κ2) is 7.95. The first-order valence-corrected chi connectivity index (χ1v) is 9.77. The summed E-state index contributed by atoms with van der Waals surface area (Å²) in [6, 6.07) is 17.8. The Morgan fingerprint density at radius 1 is 1.00 bits per heavy atom. The average molecular weight is 398 g/mol. The third-order valence-electron chi connectivity index (χ3n) is 5.42. The monoisotopic (exact) mass is 398 g/mol. The molecule has 150 valence electrons. The zero-order valence-electron chi connectivity index (χ0n) is 16.9. The average Bonchev–Trinajstić information content (AvgIpc) is 3.00. The van der Waals surface area contributed by atoms with Crippen LogP contribution in [0.15, 0.2) is 78.6 Å². The Hall–Kier alpha value is -3.73. The molecule has 1 unspecified atom stereocenters. The highest BCUT2D eigenvalue weighted by molar-refractivity contribution is 6.46. The first kappa shape index (κ1) is 19.6. The fourth-order valence-electron chi connectivity index (χ4n) is 3.82. The summed E-state index contributed by atoms with van der Waals surface area (Å²) in [7, 11) is 0. The topological polar surface area (TPSA) is 70.5 Å². The maximum absolute atomic E-state index is 13.1. The van der Waals surface area contributed by atoms with Crippen LogP contribution in [0.4, 0.5) is 0 Å². The molecule has 1 amide bonds. The second-order valence-electron chi connectivity index (χ2n) is 7.51. The summed E-state index contributed by atoms with van der Waals surface area (Å²) in [6.45, 7) is 4.11. The van der Waals surface area contributed by atoms with Crippen LogP contribution in [0.2, 0.25) is 0 Å². The van der Waals surface area contributed by atoms with Crippen LogP contribution in [-0.2, 0) is 16.1 Å². The van der Waals surface area contributed by atoms with Gasteiger partial charge in [0.15, 0.2) is 0 Å². The Morgan fingerprint density at radius 3 is 2.40 bits per heavy atom. The van der Waals surface area contributed by atoms with Crippen LogP contribution >= 0.6 is 0 Å². The lowest BCUT2D eigenvalue weighted by molar-refractivity contribution is -0.140. The molecule has 0 aliphatic carbocycles. The van der Waals surface area contributed by atoms with E-state index in [4.69, 9.17) is 0 Å². The smallest absolute Gasteiger partial charge is 0.295 e. The summed E-state index contributed by atoms with van der Waals surface area (Å²) >= 11 is 0. The number of benzene rings is 2. The van der Waals surface area contributed by atoms with Gasteiger partial charge in [0, 0.05) is 24.5 Å². The zero-order chi connectivity index (χ0) is 21.3. The Bertz CT molecular complexity index is 1130. The number of ketones is 1. The minimum absolute atomic E-state index is 0.113. The summed E-state index contributed by atoms with van der Waals surface area (Å²) in [5.41, 5.74) is 4.23. The van der Waals surface area contributed by atoms with E-state index in [1.807, 2.05) is 56.3 Å². The molecular formula is C25H22N2O3. The number of aromatic nitrogens is 1. The van der Waals surface area contributed by atoms with Gasteiger partial charge in [-0.2, -0.15) is 0 Å². The van der Waals surface area contributed by atoms with Crippen molar-refractivity contribution in [3.05, 3.63) is 106 Å². The molecule has 5 heteroatoms. The highest BCUT2D eigenvalue weighted by Crippen LogP contribution is 2.41. The van der Waals surface area contributed by atoms with E-state index < -0.39 is 17.7 Å². The Morgan fingerprint density at radius 2 is 1.73 bits per heavy atom. The quantitative estimate of drug-likeness (QED) is 0.404. The molecule has 0 radical (unpaired) electrons. The van der Waals surface area contributed by atoms with E-state index in [0.29, 0.717) is 5.56 Å². The molecule has 30 heavy (non-hydrogen) atoms. The van der Waals surface area contributed by atoms with Gasteiger partial charge < -0.3 is 10.0 Å². The van der Waals surface area contributed by atoms with Crippen molar-refractivity contribution in [2.45, 2.75) is 26.4 Å². The van der Waals surface area contributed by atoms with Crippen molar-refractivity contribution in [3.63, 3.8) is 0 Å². The minimum Gasteiger partial charge on any atom is -0.507 e. The second-order valence-corrected chi connectivity index (χ2v) is 7.51. The molecule has 1 fully saturated rings.